The molecule has 18 heavy (non-hydrogen) atoms. The molecule has 0 fully saturated rings. The van der Waals surface area contributed by atoms with Gasteiger partial charge in [-0.3, -0.25) is 0 Å². The maximum Gasteiger partial charge on any atom is 0.233 e. The molecule has 0 amide bonds. The predicted octanol–water partition coefficient (Wildman–Crippen LogP) is 2.44. The Balaban J connectivity index is 1.98. The van der Waals surface area contributed by atoms with Crippen LogP contribution in [0, 0.1) is 0 Å². The maximum atomic E-state index is 5.01. The molecule has 0 saturated heterocycles. The third-order valence-electron chi connectivity index (χ3n) is 2.88. The van der Waals surface area contributed by atoms with Crippen molar-refractivity contribution in [3.63, 3.8) is 0 Å². The van der Waals surface area contributed by atoms with Crippen molar-refractivity contribution in [3.05, 3.63) is 40.2 Å². The summed E-state index contributed by atoms with van der Waals surface area (Å²) < 4.78 is 5.01. The van der Waals surface area contributed by atoms with Gasteiger partial charge >= 0.3 is 0 Å². The number of thiophene rings is 1. The normalized spacial score (nSPS) is 12.3. The monoisotopic (exact) mass is 263 g/mol. The Morgan fingerprint density at radius 3 is 2.78 bits per heavy atom. The number of hydrogen-bond donors (Lipinski definition) is 1. The van der Waals surface area contributed by atoms with Crippen LogP contribution in [-0.4, -0.2) is 24.4 Å². The zero-order valence-electron chi connectivity index (χ0n) is 10.6. The highest BCUT2D eigenvalue weighted by molar-refractivity contribution is 7.07. The van der Waals surface area contributed by atoms with Crippen LogP contribution in [0.15, 0.2) is 29.0 Å². The van der Waals surface area contributed by atoms with E-state index in [4.69, 9.17) is 4.74 Å². The molecule has 96 valence electrons. The SMILES string of the molecule is CNC(CCc1ccsc1)c1ccc(OC)nn1. The van der Waals surface area contributed by atoms with Crippen LogP contribution in [0.25, 0.3) is 0 Å². The topological polar surface area (TPSA) is 47.0 Å². The molecule has 2 rings (SSSR count). The van der Waals surface area contributed by atoms with Crippen LogP contribution in [0.2, 0.25) is 0 Å². The van der Waals surface area contributed by atoms with E-state index in [2.05, 4.69) is 32.3 Å². The molecule has 0 aliphatic carbocycles. The second-order valence-electron chi connectivity index (χ2n) is 4.01. The fraction of sp³-hybridized carbons (Fsp3) is 0.385. The molecule has 4 nitrogen and oxygen atoms in total. The minimum Gasteiger partial charge on any atom is -0.480 e. The summed E-state index contributed by atoms with van der Waals surface area (Å²) in [5.74, 6) is 0.548. The van der Waals surface area contributed by atoms with Crippen molar-refractivity contribution in [2.45, 2.75) is 18.9 Å². The summed E-state index contributed by atoms with van der Waals surface area (Å²) in [7, 11) is 3.54. The van der Waals surface area contributed by atoms with Gasteiger partial charge in [0, 0.05) is 6.07 Å². The number of nitrogens with zero attached hydrogens (tertiary/aromatic N) is 2. The van der Waals surface area contributed by atoms with Crippen LogP contribution in [0.1, 0.15) is 23.7 Å². The van der Waals surface area contributed by atoms with Gasteiger partial charge in [-0.1, -0.05) is 0 Å². The number of nitrogens with one attached hydrogen (secondary N) is 1. The zero-order chi connectivity index (χ0) is 12.8. The van der Waals surface area contributed by atoms with E-state index in [0.29, 0.717) is 5.88 Å². The minimum absolute atomic E-state index is 0.225. The number of aromatic nitrogens is 2. The molecule has 2 heterocycles. The Morgan fingerprint density at radius 2 is 2.22 bits per heavy atom. The summed E-state index contributed by atoms with van der Waals surface area (Å²) in [6, 6.07) is 6.19. The van der Waals surface area contributed by atoms with Crippen molar-refractivity contribution in [2.24, 2.45) is 0 Å². The van der Waals surface area contributed by atoms with Crippen LogP contribution in [0.4, 0.5) is 0 Å². The molecule has 1 unspecified atom stereocenters. The fourth-order valence-corrected chi connectivity index (χ4v) is 2.51. The lowest BCUT2D eigenvalue weighted by molar-refractivity contribution is 0.389. The summed E-state index contributed by atoms with van der Waals surface area (Å²) in [6.07, 6.45) is 2.05. The maximum absolute atomic E-state index is 5.01. The van der Waals surface area contributed by atoms with Gasteiger partial charge in [0.05, 0.1) is 18.8 Å². The first kappa shape index (κ1) is 13.0. The molecular formula is C13H17N3OS. The smallest absolute Gasteiger partial charge is 0.233 e. The van der Waals surface area contributed by atoms with E-state index in [0.717, 1.165) is 18.5 Å². The Labute approximate surface area is 111 Å². The molecule has 0 bridgehead atoms. The van der Waals surface area contributed by atoms with E-state index in [9.17, 15) is 0 Å². The lowest BCUT2D eigenvalue weighted by Gasteiger charge is -2.14. The molecule has 0 aliphatic rings. The lowest BCUT2D eigenvalue weighted by atomic mass is 10.1. The number of hydrogen-bond acceptors (Lipinski definition) is 5. The highest BCUT2D eigenvalue weighted by Gasteiger charge is 2.11. The summed E-state index contributed by atoms with van der Waals surface area (Å²) in [5.41, 5.74) is 2.33. The van der Waals surface area contributed by atoms with Crippen LogP contribution in [-0.2, 0) is 6.42 Å². The van der Waals surface area contributed by atoms with Gasteiger partial charge in [0.1, 0.15) is 0 Å². The molecule has 2 aromatic rings. The average Bonchev–Trinajstić information content (AvgIpc) is 2.93. The molecule has 0 aromatic carbocycles. The molecule has 1 atom stereocenters. The van der Waals surface area contributed by atoms with Crippen LogP contribution < -0.4 is 10.1 Å². The van der Waals surface area contributed by atoms with E-state index in [1.54, 1.807) is 18.4 Å². The summed E-state index contributed by atoms with van der Waals surface area (Å²) >= 11 is 1.73. The number of aryl methyl sites for hydroxylation is 1. The molecular weight excluding hydrogens is 246 g/mol. The van der Waals surface area contributed by atoms with E-state index in [-0.39, 0.29) is 6.04 Å². The van der Waals surface area contributed by atoms with Gasteiger partial charge in [0.15, 0.2) is 0 Å². The predicted molar refractivity (Wildman–Crippen MR) is 73.0 cm³/mol. The molecule has 0 radical (unpaired) electrons. The lowest BCUT2D eigenvalue weighted by Crippen LogP contribution is -2.18. The Kier molecular flexibility index (Phi) is 4.66. The van der Waals surface area contributed by atoms with Crippen molar-refractivity contribution >= 4 is 11.3 Å². The first-order valence-corrected chi connectivity index (χ1v) is 6.83. The average molecular weight is 263 g/mol. The van der Waals surface area contributed by atoms with Gasteiger partial charge in [-0.05, 0) is 48.3 Å². The molecule has 2 aromatic heterocycles. The van der Waals surface area contributed by atoms with E-state index in [1.165, 1.54) is 5.56 Å². The third-order valence-corrected chi connectivity index (χ3v) is 3.61. The zero-order valence-corrected chi connectivity index (χ0v) is 11.4. The van der Waals surface area contributed by atoms with Gasteiger partial charge in [-0.25, -0.2) is 0 Å². The van der Waals surface area contributed by atoms with E-state index in [1.807, 2.05) is 19.2 Å². The highest BCUT2D eigenvalue weighted by Crippen LogP contribution is 2.18. The molecule has 5 heteroatoms. The summed E-state index contributed by atoms with van der Waals surface area (Å²) in [5, 5.41) is 15.8. The van der Waals surface area contributed by atoms with Gasteiger partial charge < -0.3 is 10.1 Å². The highest BCUT2D eigenvalue weighted by atomic mass is 32.1. The molecule has 1 N–H and O–H groups in total. The standard InChI is InChI=1S/C13H17N3OS/c1-14-11(4-3-10-7-8-18-9-10)12-5-6-13(17-2)16-15-12/h5-9,11,14H,3-4H2,1-2H3. The number of rotatable bonds is 6. The summed E-state index contributed by atoms with van der Waals surface area (Å²) in [4.78, 5) is 0. The van der Waals surface area contributed by atoms with Crippen molar-refractivity contribution in [2.75, 3.05) is 14.2 Å². The van der Waals surface area contributed by atoms with Crippen LogP contribution in [0.3, 0.4) is 0 Å². The van der Waals surface area contributed by atoms with Crippen molar-refractivity contribution in [1.29, 1.82) is 0 Å². The van der Waals surface area contributed by atoms with Gasteiger partial charge in [0.2, 0.25) is 5.88 Å². The Bertz CT molecular complexity index is 456. The van der Waals surface area contributed by atoms with E-state index >= 15 is 0 Å². The van der Waals surface area contributed by atoms with Gasteiger partial charge in [-0.2, -0.15) is 16.4 Å². The van der Waals surface area contributed by atoms with Crippen molar-refractivity contribution in [3.8, 4) is 5.88 Å². The fourth-order valence-electron chi connectivity index (χ4n) is 1.81. The van der Waals surface area contributed by atoms with Gasteiger partial charge in [0.25, 0.3) is 0 Å². The number of methoxy groups -OCH3 is 1. The summed E-state index contributed by atoms with van der Waals surface area (Å²) in [6.45, 7) is 0. The molecule has 0 spiro atoms. The number of ether oxygens (including phenoxy) is 1. The Hall–Kier alpha value is -1.46. The largest absolute Gasteiger partial charge is 0.480 e. The Morgan fingerprint density at radius 1 is 1.33 bits per heavy atom. The first-order valence-electron chi connectivity index (χ1n) is 5.89. The molecule has 0 saturated carbocycles. The van der Waals surface area contributed by atoms with Crippen LogP contribution >= 0.6 is 11.3 Å². The molecule has 0 aliphatic heterocycles. The van der Waals surface area contributed by atoms with Crippen molar-refractivity contribution in [1.82, 2.24) is 15.5 Å². The van der Waals surface area contributed by atoms with Crippen LogP contribution in [0.5, 0.6) is 5.88 Å². The first-order chi connectivity index (χ1) is 8.83. The van der Waals surface area contributed by atoms with E-state index < -0.39 is 0 Å². The second-order valence-corrected chi connectivity index (χ2v) is 4.79. The van der Waals surface area contributed by atoms with Crippen molar-refractivity contribution < 1.29 is 4.74 Å². The van der Waals surface area contributed by atoms with Gasteiger partial charge in [-0.15, -0.1) is 5.10 Å². The quantitative estimate of drug-likeness (QED) is 0.869. The minimum atomic E-state index is 0.225. The second kappa shape index (κ2) is 6.47. The third kappa shape index (κ3) is 3.27.